The molecule has 3 N–H and O–H groups in total. The molecule has 0 aliphatic heterocycles. The Bertz CT molecular complexity index is 768. The Morgan fingerprint density at radius 2 is 2.16 bits per heavy atom. The fraction of sp³-hybridized carbons (Fsp3) is 0.550. The first-order valence-corrected chi connectivity index (χ1v) is 8.82. The molecule has 132 valence electrons. The maximum Gasteiger partial charge on any atom is 0.310 e. The molecule has 5 atom stereocenters. The molecule has 5 nitrogen and oxygen atoms in total. The summed E-state index contributed by atoms with van der Waals surface area (Å²) in [5.74, 6) is -1.90. The minimum absolute atomic E-state index is 0.111. The topological polar surface area (TPSA) is 104 Å². The van der Waals surface area contributed by atoms with Gasteiger partial charge in [-0.1, -0.05) is 36.8 Å². The van der Waals surface area contributed by atoms with Gasteiger partial charge in [-0.2, -0.15) is 5.26 Å². The summed E-state index contributed by atoms with van der Waals surface area (Å²) >= 11 is 0. The van der Waals surface area contributed by atoms with Gasteiger partial charge in [0.1, 0.15) is 5.41 Å². The number of fused-ring (bicyclic) bond motifs is 1. The van der Waals surface area contributed by atoms with Crippen molar-refractivity contribution in [2.45, 2.75) is 33.1 Å². The second kappa shape index (κ2) is 5.96. The van der Waals surface area contributed by atoms with Gasteiger partial charge in [-0.15, -0.1) is 0 Å². The number of benzene rings is 1. The smallest absolute Gasteiger partial charge is 0.310 e. The number of aliphatic carboxylic acids is 1. The lowest BCUT2D eigenvalue weighted by molar-refractivity contribution is -0.146. The van der Waals surface area contributed by atoms with Crippen LogP contribution in [0.15, 0.2) is 24.3 Å². The van der Waals surface area contributed by atoms with Crippen molar-refractivity contribution in [2.24, 2.45) is 34.3 Å². The van der Waals surface area contributed by atoms with Gasteiger partial charge in [-0.3, -0.25) is 9.59 Å². The van der Waals surface area contributed by atoms with E-state index in [0.29, 0.717) is 19.3 Å². The molecular weight excluding hydrogens is 316 g/mol. The number of carboxylic acid groups (broad SMARTS) is 1. The average molecular weight is 340 g/mol. The lowest BCUT2D eigenvalue weighted by atomic mass is 9.65. The predicted octanol–water partition coefficient (Wildman–Crippen LogP) is 2.32. The molecule has 0 spiro atoms. The Kier molecular flexibility index (Phi) is 4.20. The van der Waals surface area contributed by atoms with Crippen molar-refractivity contribution in [2.75, 3.05) is 6.54 Å². The van der Waals surface area contributed by atoms with Crippen molar-refractivity contribution in [3.63, 3.8) is 0 Å². The second-order valence-electron chi connectivity index (χ2n) is 7.52. The Balaban J connectivity index is 2.00. The number of nitriles is 1. The zero-order valence-electron chi connectivity index (χ0n) is 14.7. The first-order chi connectivity index (χ1) is 11.9. The number of carbonyl (C=O) groups excluding carboxylic acids is 1. The van der Waals surface area contributed by atoms with Crippen molar-refractivity contribution >= 4 is 11.8 Å². The Morgan fingerprint density at radius 1 is 1.44 bits per heavy atom. The highest BCUT2D eigenvalue weighted by atomic mass is 16.4. The van der Waals surface area contributed by atoms with Crippen LogP contribution < -0.4 is 5.73 Å². The van der Waals surface area contributed by atoms with Crippen molar-refractivity contribution in [3.05, 3.63) is 35.4 Å². The SMILES string of the molecule is CCC1(C(=O)O)C2CC(Cc3cccc(C)c3)C(C#N)(C(=O)CN)C21. The van der Waals surface area contributed by atoms with Crippen LogP contribution in [0.2, 0.25) is 0 Å². The van der Waals surface area contributed by atoms with Gasteiger partial charge in [0.05, 0.1) is 18.0 Å². The van der Waals surface area contributed by atoms with Crippen LogP contribution in [0.3, 0.4) is 0 Å². The van der Waals surface area contributed by atoms with Crippen molar-refractivity contribution in [1.82, 2.24) is 0 Å². The number of rotatable bonds is 6. The molecule has 0 amide bonds. The van der Waals surface area contributed by atoms with Crippen LogP contribution in [0.4, 0.5) is 0 Å². The molecule has 1 aromatic rings. The first kappa shape index (κ1) is 17.6. The third-order valence-electron chi connectivity index (χ3n) is 6.56. The van der Waals surface area contributed by atoms with E-state index in [4.69, 9.17) is 5.73 Å². The lowest BCUT2D eigenvalue weighted by Crippen LogP contribution is -2.45. The van der Waals surface area contributed by atoms with E-state index in [0.717, 1.165) is 11.1 Å². The van der Waals surface area contributed by atoms with E-state index in [9.17, 15) is 20.0 Å². The lowest BCUT2D eigenvalue weighted by Gasteiger charge is -2.33. The third kappa shape index (κ3) is 2.24. The summed E-state index contributed by atoms with van der Waals surface area (Å²) in [5, 5.41) is 19.8. The van der Waals surface area contributed by atoms with Crippen LogP contribution in [-0.2, 0) is 16.0 Å². The number of ketones is 1. The minimum Gasteiger partial charge on any atom is -0.481 e. The quantitative estimate of drug-likeness (QED) is 0.827. The summed E-state index contributed by atoms with van der Waals surface area (Å²) in [7, 11) is 0. The Morgan fingerprint density at radius 3 is 2.68 bits per heavy atom. The van der Waals surface area contributed by atoms with E-state index < -0.39 is 22.7 Å². The normalized spacial score (nSPS) is 35.7. The zero-order valence-corrected chi connectivity index (χ0v) is 14.7. The molecule has 3 rings (SSSR count). The highest BCUT2D eigenvalue weighted by Crippen LogP contribution is 2.77. The highest BCUT2D eigenvalue weighted by Gasteiger charge is 2.82. The third-order valence-corrected chi connectivity index (χ3v) is 6.56. The largest absolute Gasteiger partial charge is 0.481 e. The molecule has 0 saturated heterocycles. The van der Waals surface area contributed by atoms with Crippen LogP contribution in [0.5, 0.6) is 0 Å². The number of carboxylic acids is 1. The van der Waals surface area contributed by atoms with Gasteiger partial charge >= 0.3 is 5.97 Å². The number of hydrogen-bond donors (Lipinski definition) is 2. The van der Waals surface area contributed by atoms with Crippen LogP contribution >= 0.6 is 0 Å². The fourth-order valence-electron chi connectivity index (χ4n) is 5.42. The van der Waals surface area contributed by atoms with Crippen LogP contribution in [0, 0.1) is 46.8 Å². The molecule has 5 unspecified atom stereocenters. The summed E-state index contributed by atoms with van der Waals surface area (Å²) in [6.07, 6.45) is 1.64. The standard InChI is InChI=1S/C20H24N2O3/c1-3-19(18(24)25)15-9-14(8-13-6-4-5-12(2)7-13)20(11-22,17(15)19)16(23)10-21/h4-7,14-15,17H,3,8-10,21H2,1-2H3,(H,24,25). The van der Waals surface area contributed by atoms with E-state index in [2.05, 4.69) is 12.1 Å². The number of hydrogen-bond acceptors (Lipinski definition) is 4. The van der Waals surface area contributed by atoms with Gasteiger partial charge < -0.3 is 10.8 Å². The number of nitrogens with two attached hydrogens (primary N) is 1. The van der Waals surface area contributed by atoms with Gasteiger partial charge in [0.2, 0.25) is 0 Å². The predicted molar refractivity (Wildman–Crippen MR) is 92.4 cm³/mol. The number of nitrogens with zero attached hydrogens (tertiary/aromatic N) is 1. The van der Waals surface area contributed by atoms with Crippen molar-refractivity contribution in [1.29, 1.82) is 5.26 Å². The molecule has 2 saturated carbocycles. The molecule has 5 heteroatoms. The maximum atomic E-state index is 12.8. The molecule has 0 radical (unpaired) electrons. The van der Waals surface area contributed by atoms with E-state index in [1.54, 1.807) is 0 Å². The van der Waals surface area contributed by atoms with E-state index in [1.807, 2.05) is 32.0 Å². The van der Waals surface area contributed by atoms with E-state index in [1.165, 1.54) is 0 Å². The molecule has 0 aromatic heterocycles. The molecular formula is C20H24N2O3. The zero-order chi connectivity index (χ0) is 18.4. The summed E-state index contributed by atoms with van der Waals surface area (Å²) < 4.78 is 0. The molecule has 1 aromatic carbocycles. The number of aryl methyl sites for hydroxylation is 1. The van der Waals surface area contributed by atoms with Gasteiger partial charge in [-0.05, 0) is 43.6 Å². The highest BCUT2D eigenvalue weighted by molar-refractivity contribution is 5.94. The molecule has 0 heterocycles. The van der Waals surface area contributed by atoms with E-state index >= 15 is 0 Å². The van der Waals surface area contributed by atoms with Crippen LogP contribution in [0.1, 0.15) is 30.9 Å². The monoisotopic (exact) mass is 340 g/mol. The van der Waals surface area contributed by atoms with Crippen molar-refractivity contribution in [3.8, 4) is 6.07 Å². The first-order valence-electron chi connectivity index (χ1n) is 8.82. The molecule has 0 bridgehead atoms. The van der Waals surface area contributed by atoms with E-state index in [-0.39, 0.29) is 24.2 Å². The number of carbonyl (C=O) groups is 2. The summed E-state index contributed by atoms with van der Waals surface area (Å²) in [6.45, 7) is 3.61. The van der Waals surface area contributed by atoms with Gasteiger partial charge in [0.15, 0.2) is 5.78 Å². The van der Waals surface area contributed by atoms with Gasteiger partial charge in [-0.25, -0.2) is 0 Å². The maximum absolute atomic E-state index is 12.8. The fourth-order valence-corrected chi connectivity index (χ4v) is 5.42. The van der Waals surface area contributed by atoms with Gasteiger partial charge in [0.25, 0.3) is 0 Å². The van der Waals surface area contributed by atoms with Crippen molar-refractivity contribution < 1.29 is 14.7 Å². The molecule has 2 aliphatic carbocycles. The Labute approximate surface area is 147 Å². The molecule has 2 aliphatic rings. The number of Topliss-reactive ketones (excluding diaryl/α,β-unsaturated/α-hetero) is 1. The van der Waals surface area contributed by atoms with Crippen LogP contribution in [-0.4, -0.2) is 23.4 Å². The molecule has 25 heavy (non-hydrogen) atoms. The van der Waals surface area contributed by atoms with Crippen LogP contribution in [0.25, 0.3) is 0 Å². The second-order valence-corrected chi connectivity index (χ2v) is 7.52. The minimum atomic E-state index is -1.28. The van der Waals surface area contributed by atoms with Gasteiger partial charge in [0, 0.05) is 5.92 Å². The summed E-state index contributed by atoms with van der Waals surface area (Å²) in [5.41, 5.74) is 5.61. The Hall–Kier alpha value is -2.19. The average Bonchev–Trinajstić information content (AvgIpc) is 3.13. The summed E-state index contributed by atoms with van der Waals surface area (Å²) in [4.78, 5) is 24.7. The molecule has 2 fully saturated rings. The summed E-state index contributed by atoms with van der Waals surface area (Å²) in [6, 6.07) is 10.3.